The van der Waals surface area contributed by atoms with Crippen LogP contribution in [-0.4, -0.2) is 13.3 Å². The summed E-state index contributed by atoms with van der Waals surface area (Å²) in [4.78, 5) is 9.94. The van der Waals surface area contributed by atoms with Crippen LogP contribution in [0.3, 0.4) is 0 Å². The number of halogens is 2. The van der Waals surface area contributed by atoms with Crippen molar-refractivity contribution >= 4 is 44.6 Å². The summed E-state index contributed by atoms with van der Waals surface area (Å²) in [6, 6.07) is 9.66. The highest BCUT2D eigenvalue weighted by Crippen LogP contribution is 2.33. The lowest BCUT2D eigenvalue weighted by atomic mass is 10.3. The summed E-state index contributed by atoms with van der Waals surface area (Å²) < 4.78 is 26.7. The van der Waals surface area contributed by atoms with Gasteiger partial charge in [-0.3, -0.25) is 14.8 Å². The summed E-state index contributed by atoms with van der Waals surface area (Å²) in [5.41, 5.74) is -0.484. The molecule has 0 saturated heterocycles. The second-order valence-electron chi connectivity index (χ2n) is 3.93. The molecule has 0 atom stereocenters. The highest BCUT2D eigenvalue weighted by molar-refractivity contribution is 7.92. The molecule has 2 rings (SSSR count). The second-order valence-corrected chi connectivity index (χ2v) is 6.37. The first kappa shape index (κ1) is 15.6. The first-order chi connectivity index (χ1) is 9.83. The van der Waals surface area contributed by atoms with Crippen molar-refractivity contribution in [3.63, 3.8) is 0 Å². The van der Waals surface area contributed by atoms with E-state index in [2.05, 4.69) is 4.72 Å². The first-order valence-electron chi connectivity index (χ1n) is 5.53. The fraction of sp³-hybridized carbons (Fsp3) is 0. The van der Waals surface area contributed by atoms with Crippen LogP contribution in [0, 0.1) is 10.1 Å². The van der Waals surface area contributed by atoms with Crippen LogP contribution in [0.1, 0.15) is 0 Å². The monoisotopic (exact) mass is 346 g/mol. The molecular formula is C12H8Cl2N2O4S. The zero-order valence-corrected chi connectivity index (χ0v) is 12.6. The number of sulfonamides is 1. The second kappa shape index (κ2) is 5.88. The lowest BCUT2D eigenvalue weighted by molar-refractivity contribution is -0.384. The van der Waals surface area contributed by atoms with E-state index in [-0.39, 0.29) is 20.6 Å². The lowest BCUT2D eigenvalue weighted by Gasteiger charge is -2.10. The number of nitrogens with one attached hydrogen (secondary N) is 1. The molecule has 0 unspecified atom stereocenters. The van der Waals surface area contributed by atoms with Crippen molar-refractivity contribution in [3.8, 4) is 0 Å². The largest absolute Gasteiger partial charge is 0.290 e. The number of hydrogen-bond donors (Lipinski definition) is 1. The maximum Gasteiger partial charge on any atom is 0.290 e. The molecule has 6 nitrogen and oxygen atoms in total. The molecular weight excluding hydrogens is 339 g/mol. The summed E-state index contributed by atoms with van der Waals surface area (Å²) in [7, 11) is -4.00. The maximum atomic E-state index is 12.2. The van der Waals surface area contributed by atoms with Crippen molar-refractivity contribution in [1.29, 1.82) is 0 Å². The van der Waals surface area contributed by atoms with E-state index in [0.717, 1.165) is 0 Å². The molecule has 0 aliphatic heterocycles. The minimum Gasteiger partial charge on any atom is -0.278 e. The van der Waals surface area contributed by atoms with E-state index in [1.807, 2.05) is 0 Å². The van der Waals surface area contributed by atoms with Gasteiger partial charge >= 0.3 is 0 Å². The average molecular weight is 347 g/mol. The van der Waals surface area contributed by atoms with E-state index in [4.69, 9.17) is 23.2 Å². The standard InChI is InChI=1S/C12H8Cl2N2O4S/c13-8-4-1-2-7-11(8)21(19,20)15-9-5-3-6-10(12(9)14)16(17)18/h1-7,15H. The fourth-order valence-electron chi connectivity index (χ4n) is 1.60. The van der Waals surface area contributed by atoms with Gasteiger partial charge in [0.2, 0.25) is 0 Å². The quantitative estimate of drug-likeness (QED) is 0.674. The molecule has 110 valence electrons. The minimum atomic E-state index is -4.00. The van der Waals surface area contributed by atoms with Gasteiger partial charge in [0, 0.05) is 6.07 Å². The minimum absolute atomic E-state index is 0.0338. The van der Waals surface area contributed by atoms with E-state index in [0.29, 0.717) is 0 Å². The fourth-order valence-corrected chi connectivity index (χ4v) is 3.49. The first-order valence-corrected chi connectivity index (χ1v) is 7.77. The van der Waals surface area contributed by atoms with Crippen LogP contribution in [0.15, 0.2) is 47.4 Å². The van der Waals surface area contributed by atoms with Gasteiger partial charge in [-0.2, -0.15) is 0 Å². The van der Waals surface area contributed by atoms with Gasteiger partial charge in [-0.05, 0) is 18.2 Å². The normalized spacial score (nSPS) is 11.1. The van der Waals surface area contributed by atoms with Crippen molar-refractivity contribution in [3.05, 3.63) is 62.6 Å². The Morgan fingerprint density at radius 2 is 1.71 bits per heavy atom. The van der Waals surface area contributed by atoms with Gasteiger partial charge in [0.15, 0.2) is 0 Å². The van der Waals surface area contributed by atoms with E-state index in [9.17, 15) is 18.5 Å². The number of nitro benzene ring substituents is 1. The molecule has 0 heterocycles. The Bertz CT molecular complexity index is 809. The molecule has 0 aromatic heterocycles. The topological polar surface area (TPSA) is 89.3 Å². The molecule has 0 aliphatic carbocycles. The molecule has 1 N–H and O–H groups in total. The summed E-state index contributed by atoms with van der Waals surface area (Å²) >= 11 is 11.7. The van der Waals surface area contributed by atoms with Crippen LogP contribution >= 0.6 is 23.2 Å². The van der Waals surface area contributed by atoms with Crippen LogP contribution in [-0.2, 0) is 10.0 Å². The molecule has 0 radical (unpaired) electrons. The van der Waals surface area contributed by atoms with E-state index < -0.39 is 20.6 Å². The Morgan fingerprint density at radius 1 is 1.05 bits per heavy atom. The van der Waals surface area contributed by atoms with E-state index in [1.165, 1.54) is 36.4 Å². The van der Waals surface area contributed by atoms with Crippen molar-refractivity contribution in [2.45, 2.75) is 4.90 Å². The molecule has 0 bridgehead atoms. The number of benzene rings is 2. The number of nitrogens with zero attached hydrogens (tertiary/aromatic N) is 1. The summed E-state index contributed by atoms with van der Waals surface area (Å²) in [6.07, 6.45) is 0. The SMILES string of the molecule is O=[N+]([O-])c1cccc(NS(=O)(=O)c2ccccc2Cl)c1Cl. The summed E-state index contributed by atoms with van der Waals surface area (Å²) in [5, 5.41) is 10.5. The van der Waals surface area contributed by atoms with Crippen molar-refractivity contribution in [2.75, 3.05) is 4.72 Å². The number of anilines is 1. The molecule has 0 amide bonds. The van der Waals surface area contributed by atoms with Crippen LogP contribution in [0.5, 0.6) is 0 Å². The Hall–Kier alpha value is -1.83. The maximum absolute atomic E-state index is 12.2. The van der Waals surface area contributed by atoms with Gasteiger partial charge in [0.1, 0.15) is 9.92 Å². The number of rotatable bonds is 4. The van der Waals surface area contributed by atoms with Gasteiger partial charge in [-0.15, -0.1) is 0 Å². The Balaban J connectivity index is 2.45. The average Bonchev–Trinajstić information content (AvgIpc) is 2.41. The zero-order valence-electron chi connectivity index (χ0n) is 10.3. The van der Waals surface area contributed by atoms with Crippen LogP contribution in [0.25, 0.3) is 0 Å². The summed E-state index contributed by atoms with van der Waals surface area (Å²) in [5.74, 6) is 0. The molecule has 2 aromatic rings. The third kappa shape index (κ3) is 3.26. The third-order valence-corrected chi connectivity index (χ3v) is 4.81. The Morgan fingerprint density at radius 3 is 2.33 bits per heavy atom. The molecule has 2 aromatic carbocycles. The van der Waals surface area contributed by atoms with Gasteiger partial charge in [-0.1, -0.05) is 41.4 Å². The lowest BCUT2D eigenvalue weighted by Crippen LogP contribution is -2.14. The van der Waals surface area contributed by atoms with Gasteiger partial charge in [0.05, 0.1) is 15.6 Å². The molecule has 0 aliphatic rings. The summed E-state index contributed by atoms with van der Waals surface area (Å²) in [6.45, 7) is 0. The predicted molar refractivity (Wildman–Crippen MR) is 80.4 cm³/mol. The van der Waals surface area contributed by atoms with Crippen molar-refractivity contribution in [2.24, 2.45) is 0 Å². The Labute approximate surface area is 130 Å². The van der Waals surface area contributed by atoms with Crippen LogP contribution < -0.4 is 4.72 Å². The smallest absolute Gasteiger partial charge is 0.278 e. The molecule has 9 heteroatoms. The van der Waals surface area contributed by atoms with Gasteiger partial charge < -0.3 is 0 Å². The van der Waals surface area contributed by atoms with E-state index >= 15 is 0 Å². The molecule has 21 heavy (non-hydrogen) atoms. The predicted octanol–water partition coefficient (Wildman–Crippen LogP) is 3.70. The van der Waals surface area contributed by atoms with Crippen LogP contribution in [0.2, 0.25) is 10.0 Å². The van der Waals surface area contributed by atoms with Gasteiger partial charge in [-0.25, -0.2) is 8.42 Å². The van der Waals surface area contributed by atoms with E-state index in [1.54, 1.807) is 6.07 Å². The van der Waals surface area contributed by atoms with Crippen molar-refractivity contribution in [1.82, 2.24) is 0 Å². The highest BCUT2D eigenvalue weighted by atomic mass is 35.5. The zero-order chi connectivity index (χ0) is 15.6. The highest BCUT2D eigenvalue weighted by Gasteiger charge is 2.22. The Kier molecular flexibility index (Phi) is 4.36. The number of hydrogen-bond acceptors (Lipinski definition) is 4. The third-order valence-electron chi connectivity index (χ3n) is 2.55. The van der Waals surface area contributed by atoms with Crippen LogP contribution in [0.4, 0.5) is 11.4 Å². The molecule has 0 spiro atoms. The van der Waals surface area contributed by atoms with Crippen molar-refractivity contribution < 1.29 is 13.3 Å². The van der Waals surface area contributed by atoms with Gasteiger partial charge in [0.25, 0.3) is 15.7 Å². The molecule has 0 fully saturated rings. The molecule has 0 saturated carbocycles. The number of nitro groups is 1.